The lowest BCUT2D eigenvalue weighted by Crippen LogP contribution is -2.27. The minimum Gasteiger partial charge on any atom is -0.457 e. The Balaban J connectivity index is 1.95. The van der Waals surface area contributed by atoms with Crippen LogP contribution in [0.1, 0.15) is 5.56 Å². The molecule has 0 radical (unpaired) electrons. The number of ether oxygens (including phenoxy) is 1. The topological polar surface area (TPSA) is 90.3 Å². The summed E-state index contributed by atoms with van der Waals surface area (Å²) in [6, 6.07) is 7.71. The first-order valence-corrected chi connectivity index (χ1v) is 6.22. The van der Waals surface area contributed by atoms with Gasteiger partial charge in [0.2, 0.25) is 0 Å². The van der Waals surface area contributed by atoms with Gasteiger partial charge in [-0.1, -0.05) is 12.1 Å². The number of halogens is 1. The number of hydrogen-bond donors (Lipinski definition) is 2. The van der Waals surface area contributed by atoms with E-state index in [1.165, 1.54) is 11.2 Å². The van der Waals surface area contributed by atoms with Crippen molar-refractivity contribution in [3.8, 4) is 6.01 Å². The molecule has 0 spiro atoms. The van der Waals surface area contributed by atoms with Crippen LogP contribution >= 0.6 is 0 Å². The Labute approximate surface area is 121 Å². The van der Waals surface area contributed by atoms with E-state index in [4.69, 9.17) is 16.3 Å². The number of hydrogen-bond acceptors (Lipinski definition) is 6. The maximum absolute atomic E-state index is 12.6. The van der Waals surface area contributed by atoms with Crippen LogP contribution in [0.4, 0.5) is 10.1 Å². The second-order valence-electron chi connectivity index (χ2n) is 4.42. The Hall–Kier alpha value is -2.67. The third-order valence-corrected chi connectivity index (χ3v) is 2.57. The summed E-state index contributed by atoms with van der Waals surface area (Å²) in [5.41, 5.74) is 8.08. The highest BCUT2D eigenvalue weighted by atomic mass is 19.1. The molecule has 1 aromatic carbocycles. The first-order valence-electron chi connectivity index (χ1n) is 6.22. The summed E-state index contributed by atoms with van der Waals surface area (Å²) in [6.07, 6.45) is 3.58. The number of rotatable bonds is 5. The summed E-state index contributed by atoms with van der Waals surface area (Å²) in [5, 5.41) is 1.40. The molecule has 2 rings (SSSR count). The molecule has 0 saturated heterocycles. The maximum Gasteiger partial charge on any atom is 0.316 e. The van der Waals surface area contributed by atoms with Gasteiger partial charge in [0.15, 0.2) is 5.82 Å². The number of nitrogens with zero attached hydrogens (tertiary/aromatic N) is 3. The average Bonchev–Trinajstić information content (AvgIpc) is 2.46. The Morgan fingerprint density at radius 3 is 2.76 bits per heavy atom. The van der Waals surface area contributed by atoms with Crippen molar-refractivity contribution in [3.63, 3.8) is 0 Å². The Bertz CT molecular complexity index is 630. The van der Waals surface area contributed by atoms with Gasteiger partial charge >= 0.3 is 6.01 Å². The highest BCUT2D eigenvalue weighted by Crippen LogP contribution is 2.13. The van der Waals surface area contributed by atoms with E-state index < -0.39 is 5.82 Å². The summed E-state index contributed by atoms with van der Waals surface area (Å²) in [4.78, 5) is 7.33. The molecular formula is C14H16FN5O. The van der Waals surface area contributed by atoms with Crippen molar-refractivity contribution >= 4 is 5.69 Å². The highest BCUT2D eigenvalue weighted by Gasteiger charge is 2.02. The molecular weight excluding hydrogens is 273 g/mol. The lowest BCUT2D eigenvalue weighted by atomic mass is 10.2. The van der Waals surface area contributed by atoms with Crippen molar-refractivity contribution in [2.24, 2.45) is 11.6 Å². The Kier molecular flexibility index (Phi) is 4.68. The van der Waals surface area contributed by atoms with Crippen molar-refractivity contribution in [2.75, 3.05) is 11.6 Å². The molecule has 0 aliphatic heterocycles. The number of anilines is 1. The molecule has 21 heavy (non-hydrogen) atoms. The maximum atomic E-state index is 12.6. The number of benzene rings is 1. The highest BCUT2D eigenvalue weighted by molar-refractivity contribution is 5.49. The number of nitrogens with two attached hydrogens (primary N) is 2. The summed E-state index contributed by atoms with van der Waals surface area (Å²) in [7, 11) is 0. The molecule has 0 aliphatic rings. The van der Waals surface area contributed by atoms with Crippen molar-refractivity contribution in [1.82, 2.24) is 9.97 Å². The quantitative estimate of drug-likeness (QED) is 0.640. The minimum absolute atomic E-state index is 0.0468. The normalized spacial score (nSPS) is 11.3. The fourth-order valence-corrected chi connectivity index (χ4v) is 1.60. The molecule has 0 fully saturated rings. The molecule has 110 valence electrons. The van der Waals surface area contributed by atoms with Crippen LogP contribution in [-0.4, -0.2) is 16.6 Å². The van der Waals surface area contributed by atoms with Crippen LogP contribution in [0.5, 0.6) is 6.01 Å². The number of hydrazine groups is 1. The van der Waals surface area contributed by atoms with E-state index >= 15 is 0 Å². The zero-order valence-electron chi connectivity index (χ0n) is 11.5. The third kappa shape index (κ3) is 4.43. The van der Waals surface area contributed by atoms with Crippen LogP contribution in [0.15, 0.2) is 48.6 Å². The van der Waals surface area contributed by atoms with Crippen LogP contribution in [0.25, 0.3) is 0 Å². The van der Waals surface area contributed by atoms with E-state index in [2.05, 4.69) is 9.97 Å². The predicted octanol–water partition coefficient (Wildman–Crippen LogP) is 1.48. The monoisotopic (exact) mass is 289 g/mol. The third-order valence-electron chi connectivity index (χ3n) is 2.57. The number of aromatic nitrogens is 2. The Morgan fingerprint density at radius 1 is 1.38 bits per heavy atom. The molecule has 0 bridgehead atoms. The van der Waals surface area contributed by atoms with Gasteiger partial charge in [0.05, 0.1) is 23.8 Å². The van der Waals surface area contributed by atoms with E-state index in [0.29, 0.717) is 5.70 Å². The molecule has 1 heterocycles. The van der Waals surface area contributed by atoms with E-state index in [1.807, 2.05) is 31.2 Å². The first-order chi connectivity index (χ1) is 10.0. The van der Waals surface area contributed by atoms with Crippen LogP contribution in [0.3, 0.4) is 0 Å². The lowest BCUT2D eigenvalue weighted by Gasteiger charge is -2.15. The standard InChI is InChI=1S/C14H16FN5O/c1-10-3-2-4-13(5-10)20(17)8-12(16)9-21-14-18-6-11(15)7-19-14/h2-8H,9,16-17H2,1H3/b12-8-. The molecule has 0 amide bonds. The fraction of sp³-hybridized carbons (Fsp3) is 0.143. The van der Waals surface area contributed by atoms with Crippen LogP contribution in [0, 0.1) is 12.7 Å². The van der Waals surface area contributed by atoms with E-state index in [9.17, 15) is 4.39 Å². The zero-order chi connectivity index (χ0) is 15.2. The van der Waals surface area contributed by atoms with E-state index in [1.54, 1.807) is 0 Å². The van der Waals surface area contributed by atoms with Gasteiger partial charge in [-0.05, 0) is 24.6 Å². The molecule has 0 aliphatic carbocycles. The average molecular weight is 289 g/mol. The largest absolute Gasteiger partial charge is 0.457 e. The molecule has 0 unspecified atom stereocenters. The molecule has 7 heteroatoms. The van der Waals surface area contributed by atoms with Gasteiger partial charge < -0.3 is 10.5 Å². The Morgan fingerprint density at radius 2 is 2.10 bits per heavy atom. The van der Waals surface area contributed by atoms with Crippen LogP contribution < -0.4 is 21.3 Å². The molecule has 4 N–H and O–H groups in total. The van der Waals surface area contributed by atoms with Crippen LogP contribution in [-0.2, 0) is 0 Å². The molecule has 1 aromatic heterocycles. The summed E-state index contributed by atoms with van der Waals surface area (Å²) < 4.78 is 17.9. The second kappa shape index (κ2) is 6.67. The van der Waals surface area contributed by atoms with Gasteiger partial charge in [0, 0.05) is 6.20 Å². The van der Waals surface area contributed by atoms with E-state index in [-0.39, 0.29) is 12.6 Å². The summed E-state index contributed by atoms with van der Waals surface area (Å²) in [5.74, 6) is 5.36. The summed E-state index contributed by atoms with van der Waals surface area (Å²) >= 11 is 0. The fourth-order valence-electron chi connectivity index (χ4n) is 1.60. The minimum atomic E-state index is -0.529. The lowest BCUT2D eigenvalue weighted by molar-refractivity contribution is 0.319. The molecule has 6 nitrogen and oxygen atoms in total. The van der Waals surface area contributed by atoms with Gasteiger partial charge in [0.25, 0.3) is 0 Å². The van der Waals surface area contributed by atoms with Crippen molar-refractivity contribution < 1.29 is 9.13 Å². The van der Waals surface area contributed by atoms with Gasteiger partial charge in [0.1, 0.15) is 6.61 Å². The van der Waals surface area contributed by atoms with Gasteiger partial charge in [-0.2, -0.15) is 0 Å². The smallest absolute Gasteiger partial charge is 0.316 e. The SMILES string of the molecule is Cc1cccc(N(N)/C=C(\N)COc2ncc(F)cn2)c1. The van der Waals surface area contributed by atoms with Gasteiger partial charge in [-0.3, -0.25) is 5.01 Å². The van der Waals surface area contributed by atoms with Gasteiger partial charge in [-0.15, -0.1) is 0 Å². The second-order valence-corrected chi connectivity index (χ2v) is 4.42. The van der Waals surface area contributed by atoms with Crippen LogP contribution in [0.2, 0.25) is 0 Å². The summed E-state index contributed by atoms with van der Waals surface area (Å²) in [6.45, 7) is 2.02. The zero-order valence-corrected chi connectivity index (χ0v) is 11.5. The molecule has 0 saturated carbocycles. The van der Waals surface area contributed by atoms with Crippen molar-refractivity contribution in [2.45, 2.75) is 6.92 Å². The predicted molar refractivity (Wildman–Crippen MR) is 77.6 cm³/mol. The van der Waals surface area contributed by atoms with Gasteiger partial charge in [-0.25, -0.2) is 20.2 Å². The molecule has 0 atom stereocenters. The first kappa shape index (κ1) is 14.7. The molecule has 2 aromatic rings. The van der Waals surface area contributed by atoms with E-state index in [0.717, 1.165) is 23.6 Å². The van der Waals surface area contributed by atoms with Crippen molar-refractivity contribution in [1.29, 1.82) is 0 Å². The number of aryl methyl sites for hydroxylation is 1. The van der Waals surface area contributed by atoms with Crippen molar-refractivity contribution in [3.05, 3.63) is 59.9 Å².